The van der Waals surface area contributed by atoms with Gasteiger partial charge < -0.3 is 20.1 Å². The second-order valence-electron chi connectivity index (χ2n) is 5.81. The van der Waals surface area contributed by atoms with Gasteiger partial charge in [-0.1, -0.05) is 30.3 Å². The van der Waals surface area contributed by atoms with Crippen molar-refractivity contribution in [3.05, 3.63) is 35.9 Å². The van der Waals surface area contributed by atoms with Gasteiger partial charge in [0.25, 0.3) is 0 Å². The SMILES string of the molecule is CC(C)OCCNC(=O)N[C@H]1CCO[C@@H](c2ccccc2)C1. The molecule has 0 bridgehead atoms. The Labute approximate surface area is 132 Å². The number of ether oxygens (including phenoxy) is 2. The summed E-state index contributed by atoms with van der Waals surface area (Å²) in [5.41, 5.74) is 1.17. The molecule has 1 heterocycles. The van der Waals surface area contributed by atoms with Crippen LogP contribution in [0.25, 0.3) is 0 Å². The average molecular weight is 306 g/mol. The van der Waals surface area contributed by atoms with E-state index in [9.17, 15) is 4.79 Å². The number of carbonyl (C=O) groups is 1. The fraction of sp³-hybridized carbons (Fsp3) is 0.588. The van der Waals surface area contributed by atoms with Crippen LogP contribution in [0.3, 0.4) is 0 Å². The number of hydrogen-bond acceptors (Lipinski definition) is 3. The Balaban J connectivity index is 1.72. The van der Waals surface area contributed by atoms with Crippen LogP contribution < -0.4 is 10.6 Å². The van der Waals surface area contributed by atoms with Crippen molar-refractivity contribution in [1.82, 2.24) is 10.6 Å². The molecule has 0 unspecified atom stereocenters. The highest BCUT2D eigenvalue weighted by Gasteiger charge is 2.24. The van der Waals surface area contributed by atoms with Gasteiger partial charge in [-0.05, 0) is 32.3 Å². The number of benzene rings is 1. The lowest BCUT2D eigenvalue weighted by Gasteiger charge is -2.30. The van der Waals surface area contributed by atoms with Crippen LogP contribution in [0.4, 0.5) is 4.79 Å². The van der Waals surface area contributed by atoms with Crippen molar-refractivity contribution < 1.29 is 14.3 Å². The van der Waals surface area contributed by atoms with Gasteiger partial charge in [0.2, 0.25) is 0 Å². The lowest BCUT2D eigenvalue weighted by molar-refractivity contribution is 0.00218. The highest BCUT2D eigenvalue weighted by atomic mass is 16.5. The molecule has 5 heteroatoms. The molecule has 1 fully saturated rings. The predicted octanol–water partition coefficient (Wildman–Crippen LogP) is 2.63. The number of amides is 2. The van der Waals surface area contributed by atoms with Gasteiger partial charge in [-0.2, -0.15) is 0 Å². The first kappa shape index (κ1) is 16.8. The summed E-state index contributed by atoms with van der Waals surface area (Å²) >= 11 is 0. The molecule has 1 aliphatic heterocycles. The minimum atomic E-state index is -0.133. The summed E-state index contributed by atoms with van der Waals surface area (Å²) in [7, 11) is 0. The average Bonchev–Trinajstić information content (AvgIpc) is 2.52. The number of carbonyl (C=O) groups excluding carboxylic acids is 1. The van der Waals surface area contributed by atoms with E-state index in [1.807, 2.05) is 32.0 Å². The Kier molecular flexibility index (Phi) is 6.68. The van der Waals surface area contributed by atoms with E-state index in [2.05, 4.69) is 22.8 Å². The molecule has 2 amide bonds. The molecule has 2 rings (SSSR count). The lowest BCUT2D eigenvalue weighted by Crippen LogP contribution is -2.45. The van der Waals surface area contributed by atoms with Crippen molar-refractivity contribution in [2.24, 2.45) is 0 Å². The molecule has 2 atom stereocenters. The standard InChI is InChI=1S/C17H26N2O3/c1-13(2)21-11-9-18-17(20)19-15-8-10-22-16(12-15)14-6-4-3-5-7-14/h3-7,13,15-16H,8-12H2,1-2H3,(H2,18,19,20)/t15-,16+/m0/s1. The van der Waals surface area contributed by atoms with E-state index in [-0.39, 0.29) is 24.3 Å². The Morgan fingerprint density at radius 2 is 2.14 bits per heavy atom. The van der Waals surface area contributed by atoms with Crippen molar-refractivity contribution in [3.8, 4) is 0 Å². The topological polar surface area (TPSA) is 59.6 Å². The molecule has 1 aliphatic rings. The molecule has 0 spiro atoms. The van der Waals surface area contributed by atoms with Gasteiger partial charge in [-0.25, -0.2) is 4.79 Å². The predicted molar refractivity (Wildman–Crippen MR) is 85.8 cm³/mol. The summed E-state index contributed by atoms with van der Waals surface area (Å²) in [5.74, 6) is 0. The monoisotopic (exact) mass is 306 g/mol. The van der Waals surface area contributed by atoms with Crippen LogP contribution in [0, 0.1) is 0 Å². The lowest BCUT2D eigenvalue weighted by atomic mass is 9.97. The van der Waals surface area contributed by atoms with Crippen LogP contribution in [0.2, 0.25) is 0 Å². The molecular formula is C17H26N2O3. The normalized spacial score (nSPS) is 21.6. The molecule has 22 heavy (non-hydrogen) atoms. The number of urea groups is 1. The van der Waals surface area contributed by atoms with Gasteiger partial charge in [0.05, 0.1) is 18.8 Å². The molecule has 2 N–H and O–H groups in total. The second kappa shape index (κ2) is 8.76. The molecule has 0 aromatic heterocycles. The minimum absolute atomic E-state index is 0.0597. The van der Waals surface area contributed by atoms with Crippen molar-refractivity contribution in [2.45, 2.75) is 44.9 Å². The number of rotatable bonds is 6. The first-order chi connectivity index (χ1) is 10.6. The minimum Gasteiger partial charge on any atom is -0.377 e. The smallest absolute Gasteiger partial charge is 0.315 e. The van der Waals surface area contributed by atoms with E-state index in [0.717, 1.165) is 12.8 Å². The molecule has 1 aromatic carbocycles. The fourth-order valence-corrected chi connectivity index (χ4v) is 2.52. The van der Waals surface area contributed by atoms with Crippen molar-refractivity contribution in [1.29, 1.82) is 0 Å². The van der Waals surface area contributed by atoms with Gasteiger partial charge in [0.1, 0.15) is 0 Å². The van der Waals surface area contributed by atoms with Crippen LogP contribution in [-0.4, -0.2) is 37.9 Å². The summed E-state index contributed by atoms with van der Waals surface area (Å²) in [6.45, 7) is 5.68. The maximum atomic E-state index is 11.9. The quantitative estimate of drug-likeness (QED) is 0.794. The van der Waals surface area contributed by atoms with Crippen molar-refractivity contribution >= 4 is 6.03 Å². The summed E-state index contributed by atoms with van der Waals surface area (Å²) in [4.78, 5) is 11.9. The maximum Gasteiger partial charge on any atom is 0.315 e. The van der Waals surface area contributed by atoms with E-state index < -0.39 is 0 Å². The third-order valence-corrected chi connectivity index (χ3v) is 3.63. The van der Waals surface area contributed by atoms with Gasteiger partial charge in [0, 0.05) is 19.2 Å². The van der Waals surface area contributed by atoms with Gasteiger partial charge in [-0.3, -0.25) is 0 Å². The van der Waals surface area contributed by atoms with Gasteiger partial charge >= 0.3 is 6.03 Å². The molecule has 5 nitrogen and oxygen atoms in total. The first-order valence-electron chi connectivity index (χ1n) is 7.97. The van der Waals surface area contributed by atoms with Crippen LogP contribution in [-0.2, 0) is 9.47 Å². The van der Waals surface area contributed by atoms with Crippen molar-refractivity contribution in [2.75, 3.05) is 19.8 Å². The summed E-state index contributed by atoms with van der Waals surface area (Å²) in [5, 5.41) is 5.85. The van der Waals surface area contributed by atoms with Crippen LogP contribution in [0.15, 0.2) is 30.3 Å². The molecule has 0 saturated carbocycles. The van der Waals surface area contributed by atoms with E-state index >= 15 is 0 Å². The highest BCUT2D eigenvalue weighted by molar-refractivity contribution is 5.74. The molecule has 1 aromatic rings. The summed E-state index contributed by atoms with van der Waals surface area (Å²) < 4.78 is 11.2. The molecular weight excluding hydrogens is 280 g/mol. The third kappa shape index (κ3) is 5.66. The van der Waals surface area contributed by atoms with Crippen LogP contribution in [0.1, 0.15) is 38.4 Å². The third-order valence-electron chi connectivity index (χ3n) is 3.63. The van der Waals surface area contributed by atoms with Crippen LogP contribution >= 0.6 is 0 Å². The highest BCUT2D eigenvalue weighted by Crippen LogP contribution is 2.27. The molecule has 122 valence electrons. The Morgan fingerprint density at radius 3 is 2.86 bits per heavy atom. The zero-order valence-corrected chi connectivity index (χ0v) is 13.4. The van der Waals surface area contributed by atoms with Gasteiger partial charge in [0.15, 0.2) is 0 Å². The molecule has 0 aliphatic carbocycles. The van der Waals surface area contributed by atoms with Gasteiger partial charge in [-0.15, -0.1) is 0 Å². The van der Waals surface area contributed by atoms with Crippen LogP contribution in [0.5, 0.6) is 0 Å². The van der Waals surface area contributed by atoms with E-state index in [1.165, 1.54) is 5.56 Å². The van der Waals surface area contributed by atoms with E-state index in [0.29, 0.717) is 19.8 Å². The Morgan fingerprint density at radius 1 is 1.36 bits per heavy atom. The molecule has 1 saturated heterocycles. The fourth-order valence-electron chi connectivity index (χ4n) is 2.52. The maximum absolute atomic E-state index is 11.9. The summed E-state index contributed by atoms with van der Waals surface area (Å²) in [6.07, 6.45) is 1.90. The zero-order chi connectivity index (χ0) is 15.8. The number of nitrogens with one attached hydrogen (secondary N) is 2. The molecule has 0 radical (unpaired) electrons. The Bertz CT molecular complexity index is 450. The Hall–Kier alpha value is -1.59. The largest absolute Gasteiger partial charge is 0.377 e. The zero-order valence-electron chi connectivity index (χ0n) is 13.4. The first-order valence-corrected chi connectivity index (χ1v) is 7.97. The van der Waals surface area contributed by atoms with E-state index in [1.54, 1.807) is 0 Å². The number of hydrogen-bond donors (Lipinski definition) is 2. The van der Waals surface area contributed by atoms with E-state index in [4.69, 9.17) is 9.47 Å². The summed E-state index contributed by atoms with van der Waals surface area (Å²) in [6, 6.07) is 10.2. The van der Waals surface area contributed by atoms with Crippen molar-refractivity contribution in [3.63, 3.8) is 0 Å². The second-order valence-corrected chi connectivity index (χ2v) is 5.81.